The van der Waals surface area contributed by atoms with Gasteiger partial charge in [-0.15, -0.1) is 0 Å². The summed E-state index contributed by atoms with van der Waals surface area (Å²) in [5.74, 6) is -0.205. The van der Waals surface area contributed by atoms with Gasteiger partial charge in [-0.1, -0.05) is 12.5 Å². The van der Waals surface area contributed by atoms with Crippen molar-refractivity contribution in [3.05, 3.63) is 29.3 Å². The van der Waals surface area contributed by atoms with Gasteiger partial charge in [0, 0.05) is 31.2 Å². The van der Waals surface area contributed by atoms with Crippen molar-refractivity contribution in [2.75, 3.05) is 26.2 Å². The molecule has 1 atom stereocenters. The van der Waals surface area contributed by atoms with E-state index in [1.165, 1.54) is 6.07 Å². The number of carbonyl (C=O) groups is 1. The minimum absolute atomic E-state index is 0.102. The second-order valence-corrected chi connectivity index (χ2v) is 8.87. The van der Waals surface area contributed by atoms with Crippen LogP contribution in [0.15, 0.2) is 23.1 Å². The molecule has 3 rings (SSSR count). The average molecular weight is 365 g/mol. The molecular formula is C18H27N3O3S. The molecule has 2 heterocycles. The van der Waals surface area contributed by atoms with E-state index in [4.69, 9.17) is 0 Å². The molecule has 2 aliphatic heterocycles. The van der Waals surface area contributed by atoms with Gasteiger partial charge in [-0.2, -0.15) is 4.31 Å². The molecule has 1 aromatic rings. The first-order valence-corrected chi connectivity index (χ1v) is 10.5. The Bertz CT molecular complexity index is 721. The van der Waals surface area contributed by atoms with Crippen molar-refractivity contribution in [2.45, 2.75) is 50.0 Å². The normalized spacial score (nSPS) is 22.5. The molecular weight excluding hydrogens is 338 g/mol. The zero-order valence-corrected chi connectivity index (χ0v) is 15.6. The van der Waals surface area contributed by atoms with E-state index in [1.807, 2.05) is 0 Å². The fourth-order valence-electron chi connectivity index (χ4n) is 3.51. The van der Waals surface area contributed by atoms with Crippen LogP contribution < -0.4 is 10.6 Å². The predicted octanol–water partition coefficient (Wildman–Crippen LogP) is 1.65. The molecule has 0 bridgehead atoms. The van der Waals surface area contributed by atoms with Gasteiger partial charge >= 0.3 is 0 Å². The number of hydrogen-bond acceptors (Lipinski definition) is 4. The molecule has 1 aromatic carbocycles. The predicted molar refractivity (Wildman–Crippen MR) is 97.1 cm³/mol. The fourth-order valence-corrected chi connectivity index (χ4v) is 5.28. The zero-order chi connectivity index (χ0) is 17.9. The molecule has 0 aromatic heterocycles. The van der Waals surface area contributed by atoms with Crippen LogP contribution in [0.25, 0.3) is 0 Å². The quantitative estimate of drug-likeness (QED) is 0.850. The molecule has 7 heteroatoms. The average Bonchev–Trinajstić information content (AvgIpc) is 2.63. The van der Waals surface area contributed by atoms with Crippen molar-refractivity contribution in [3.8, 4) is 0 Å². The third-order valence-corrected chi connectivity index (χ3v) is 7.06. The number of amides is 1. The molecule has 2 N–H and O–H groups in total. The largest absolute Gasteiger partial charge is 0.348 e. The maximum Gasteiger partial charge on any atom is 0.251 e. The van der Waals surface area contributed by atoms with E-state index in [0.29, 0.717) is 24.2 Å². The maximum atomic E-state index is 13.0. The Morgan fingerprint density at radius 2 is 1.96 bits per heavy atom. The summed E-state index contributed by atoms with van der Waals surface area (Å²) in [5.41, 5.74) is 1.09. The lowest BCUT2D eigenvalue weighted by Gasteiger charge is -2.27. The highest BCUT2D eigenvalue weighted by Crippen LogP contribution is 2.24. The van der Waals surface area contributed by atoms with Crippen LogP contribution in [0, 0.1) is 6.92 Å². The Labute approximate surface area is 150 Å². The molecule has 0 saturated carbocycles. The van der Waals surface area contributed by atoms with Crippen molar-refractivity contribution in [1.29, 1.82) is 0 Å². The lowest BCUT2D eigenvalue weighted by molar-refractivity contribution is 0.0930. The number of rotatable bonds is 4. The molecule has 2 fully saturated rings. The van der Waals surface area contributed by atoms with Crippen LogP contribution in [0.5, 0.6) is 0 Å². The number of aryl methyl sites for hydroxylation is 1. The lowest BCUT2D eigenvalue weighted by Crippen LogP contribution is -2.45. The summed E-state index contributed by atoms with van der Waals surface area (Å²) in [7, 11) is -3.54. The molecule has 138 valence electrons. The molecule has 1 unspecified atom stereocenters. The minimum Gasteiger partial charge on any atom is -0.348 e. The molecule has 2 aliphatic rings. The van der Waals surface area contributed by atoms with Crippen molar-refractivity contribution in [1.82, 2.24) is 14.9 Å². The van der Waals surface area contributed by atoms with Crippen LogP contribution in [-0.2, 0) is 10.0 Å². The summed E-state index contributed by atoms with van der Waals surface area (Å²) in [6.07, 6.45) is 4.85. The second-order valence-electron chi connectivity index (χ2n) is 6.96. The molecule has 0 radical (unpaired) electrons. The minimum atomic E-state index is -3.54. The monoisotopic (exact) mass is 365 g/mol. The van der Waals surface area contributed by atoms with Gasteiger partial charge in [-0.25, -0.2) is 8.42 Å². The van der Waals surface area contributed by atoms with Crippen LogP contribution in [0.4, 0.5) is 0 Å². The zero-order valence-electron chi connectivity index (χ0n) is 14.8. The Balaban J connectivity index is 1.81. The van der Waals surface area contributed by atoms with Crippen LogP contribution in [-0.4, -0.2) is 50.9 Å². The highest BCUT2D eigenvalue weighted by molar-refractivity contribution is 7.89. The highest BCUT2D eigenvalue weighted by Gasteiger charge is 2.28. The summed E-state index contributed by atoms with van der Waals surface area (Å²) >= 11 is 0. The summed E-state index contributed by atoms with van der Waals surface area (Å²) in [5, 5.41) is 6.27. The number of sulfonamides is 1. The van der Waals surface area contributed by atoms with Gasteiger partial charge in [0.1, 0.15) is 0 Å². The van der Waals surface area contributed by atoms with Gasteiger partial charge in [0.2, 0.25) is 10.0 Å². The third kappa shape index (κ3) is 4.22. The molecule has 25 heavy (non-hydrogen) atoms. The van der Waals surface area contributed by atoms with Gasteiger partial charge in [0.25, 0.3) is 5.91 Å². The van der Waals surface area contributed by atoms with Gasteiger partial charge in [-0.05, 0) is 56.8 Å². The van der Waals surface area contributed by atoms with Gasteiger partial charge in [0.05, 0.1) is 4.90 Å². The van der Waals surface area contributed by atoms with E-state index >= 15 is 0 Å². The first-order chi connectivity index (χ1) is 12.0. The summed E-state index contributed by atoms with van der Waals surface area (Å²) in [6, 6.07) is 5.07. The van der Waals surface area contributed by atoms with Gasteiger partial charge < -0.3 is 10.6 Å². The first-order valence-electron chi connectivity index (χ1n) is 9.11. The number of carbonyl (C=O) groups excluding carboxylic acids is 1. The smallest absolute Gasteiger partial charge is 0.251 e. The number of nitrogens with zero attached hydrogens (tertiary/aromatic N) is 1. The lowest BCUT2D eigenvalue weighted by atomic mass is 10.1. The van der Waals surface area contributed by atoms with E-state index in [1.54, 1.807) is 23.4 Å². The van der Waals surface area contributed by atoms with E-state index in [9.17, 15) is 13.2 Å². The number of hydrogen-bond donors (Lipinski definition) is 2. The fraction of sp³-hybridized carbons (Fsp3) is 0.611. The van der Waals surface area contributed by atoms with Crippen LogP contribution in [0.2, 0.25) is 0 Å². The van der Waals surface area contributed by atoms with Crippen molar-refractivity contribution in [3.63, 3.8) is 0 Å². The third-order valence-electron chi connectivity index (χ3n) is 5.02. The molecule has 0 aliphatic carbocycles. The number of piperidine rings is 2. The topological polar surface area (TPSA) is 78.5 Å². The number of nitrogens with one attached hydrogen (secondary N) is 2. The highest BCUT2D eigenvalue weighted by atomic mass is 32.2. The van der Waals surface area contributed by atoms with Crippen molar-refractivity contribution >= 4 is 15.9 Å². The van der Waals surface area contributed by atoms with E-state index in [-0.39, 0.29) is 16.8 Å². The molecule has 2 saturated heterocycles. The molecule has 0 spiro atoms. The molecule has 6 nitrogen and oxygen atoms in total. The van der Waals surface area contributed by atoms with E-state index in [2.05, 4.69) is 10.6 Å². The Kier molecular flexibility index (Phi) is 5.76. The Morgan fingerprint density at radius 3 is 2.64 bits per heavy atom. The second kappa shape index (κ2) is 7.85. The summed E-state index contributed by atoms with van der Waals surface area (Å²) < 4.78 is 27.5. The standard InChI is InChI=1S/C18H27N3O3S/c1-14-7-8-15(18(22)20-16-6-5-9-19-13-16)12-17(14)25(23,24)21-10-3-2-4-11-21/h7-8,12,16,19H,2-6,9-11,13H2,1H3,(H,20,22). The van der Waals surface area contributed by atoms with Crippen molar-refractivity contribution in [2.24, 2.45) is 0 Å². The summed E-state index contributed by atoms with van der Waals surface area (Å²) in [6.45, 7) is 4.65. The van der Waals surface area contributed by atoms with E-state index < -0.39 is 10.0 Å². The van der Waals surface area contributed by atoms with Crippen LogP contribution in [0.3, 0.4) is 0 Å². The van der Waals surface area contributed by atoms with Crippen molar-refractivity contribution < 1.29 is 13.2 Å². The molecule has 1 amide bonds. The van der Waals surface area contributed by atoms with Gasteiger partial charge in [-0.3, -0.25) is 4.79 Å². The van der Waals surface area contributed by atoms with Crippen LogP contribution in [0.1, 0.15) is 48.0 Å². The van der Waals surface area contributed by atoms with E-state index in [0.717, 1.165) is 45.2 Å². The Hall–Kier alpha value is -1.44. The summed E-state index contributed by atoms with van der Waals surface area (Å²) in [4.78, 5) is 12.8. The van der Waals surface area contributed by atoms with Gasteiger partial charge in [0.15, 0.2) is 0 Å². The first kappa shape index (κ1) is 18.4. The Morgan fingerprint density at radius 1 is 1.20 bits per heavy atom. The maximum absolute atomic E-state index is 13.0. The SMILES string of the molecule is Cc1ccc(C(=O)NC2CCCNC2)cc1S(=O)(=O)N1CCCCC1. The van der Waals surface area contributed by atoms with Crippen LogP contribution >= 0.6 is 0 Å². The number of benzene rings is 1.